The number of rotatable bonds is 6. The Bertz CT molecular complexity index is 1280. The average molecular weight is 458 g/mol. The van der Waals surface area contributed by atoms with E-state index in [0.29, 0.717) is 27.8 Å². The molecule has 7 nitrogen and oxygen atoms in total. The number of aromatic amines is 1. The molecule has 1 unspecified atom stereocenters. The van der Waals surface area contributed by atoms with Gasteiger partial charge in [0.2, 0.25) is 5.66 Å². The van der Waals surface area contributed by atoms with Crippen LogP contribution in [0.15, 0.2) is 36.5 Å². The van der Waals surface area contributed by atoms with E-state index in [9.17, 15) is 15.2 Å². The maximum Gasteiger partial charge on any atom is 0.424 e. The van der Waals surface area contributed by atoms with Crippen LogP contribution in [0.2, 0.25) is 0 Å². The molecule has 0 aliphatic carbocycles. The summed E-state index contributed by atoms with van der Waals surface area (Å²) in [5.41, 5.74) is -0.348. The fourth-order valence-electron chi connectivity index (χ4n) is 4.60. The number of alkyl halides is 3. The van der Waals surface area contributed by atoms with Crippen molar-refractivity contribution < 1.29 is 27.8 Å². The minimum atomic E-state index is -4.94. The van der Waals surface area contributed by atoms with Crippen LogP contribution in [0.1, 0.15) is 27.8 Å². The van der Waals surface area contributed by atoms with Crippen molar-refractivity contribution in [1.29, 1.82) is 5.26 Å². The third kappa shape index (κ3) is 3.59. The number of carboxylic acid groups (broad SMARTS) is 1. The van der Waals surface area contributed by atoms with E-state index in [1.165, 1.54) is 25.4 Å². The number of H-pyrrole nitrogens is 1. The fraction of sp³-hybridized carbons (Fsp3) is 0.304. The Kier molecular flexibility index (Phi) is 5.56. The Morgan fingerprint density at radius 1 is 1.27 bits per heavy atom. The number of carbonyl (C=O) groups is 1. The van der Waals surface area contributed by atoms with Crippen molar-refractivity contribution in [2.75, 3.05) is 13.7 Å². The minimum Gasteiger partial charge on any atom is -0.496 e. The molecule has 1 aliphatic heterocycles. The summed E-state index contributed by atoms with van der Waals surface area (Å²) in [7, 11) is 1.28. The average Bonchev–Trinajstić information content (AvgIpc) is 3.41. The molecule has 0 fully saturated rings. The van der Waals surface area contributed by atoms with Crippen LogP contribution in [0.5, 0.6) is 5.75 Å². The van der Waals surface area contributed by atoms with Gasteiger partial charge in [-0.15, -0.1) is 0 Å². The Morgan fingerprint density at radius 3 is 2.64 bits per heavy atom. The van der Waals surface area contributed by atoms with Crippen LogP contribution in [-0.4, -0.2) is 40.8 Å². The number of nitrogens with one attached hydrogen (secondary N) is 2. The maximum atomic E-state index is 15.2. The van der Waals surface area contributed by atoms with Gasteiger partial charge in [-0.3, -0.25) is 15.0 Å². The third-order valence-electron chi connectivity index (χ3n) is 6.02. The summed E-state index contributed by atoms with van der Waals surface area (Å²) in [5.74, 6) is -1.44. The summed E-state index contributed by atoms with van der Waals surface area (Å²) >= 11 is 0. The first-order valence-corrected chi connectivity index (χ1v) is 10.1. The van der Waals surface area contributed by atoms with Gasteiger partial charge in [-0.1, -0.05) is 6.07 Å². The zero-order chi connectivity index (χ0) is 24.0. The highest BCUT2D eigenvalue weighted by Gasteiger charge is 2.62. The highest BCUT2D eigenvalue weighted by Crippen LogP contribution is 2.51. The first kappa shape index (κ1) is 22.6. The molecule has 0 saturated carbocycles. The minimum absolute atomic E-state index is 0.0107. The standard InChI is InChI=1S/C23H21F3N4O3/c1-13-7-18(33-2)20(17-5-6-28-21(13)17)22(23(24,25)26,29-10-19(31)32)30-11-15-4-3-14(9-27)8-16(15)12-30/h3-8,28-29H,10-12H2,1-2H3,(H,31,32). The quantitative estimate of drug-likeness (QED) is 0.520. The van der Waals surface area contributed by atoms with Crippen LogP contribution in [0.25, 0.3) is 10.9 Å². The zero-order valence-electron chi connectivity index (χ0n) is 17.9. The summed E-state index contributed by atoms with van der Waals surface area (Å²) in [5, 5.41) is 21.1. The Balaban J connectivity index is 2.00. The number of nitrogens with zero attached hydrogens (tertiary/aromatic N) is 2. The molecule has 10 heteroatoms. The van der Waals surface area contributed by atoms with Gasteiger partial charge in [0.1, 0.15) is 5.75 Å². The second kappa shape index (κ2) is 8.10. The third-order valence-corrected chi connectivity index (χ3v) is 6.02. The van der Waals surface area contributed by atoms with E-state index >= 15 is 13.2 Å². The van der Waals surface area contributed by atoms with Crippen molar-refractivity contribution in [3.63, 3.8) is 0 Å². The second-order valence-electron chi connectivity index (χ2n) is 7.94. The molecule has 2 heterocycles. The highest BCUT2D eigenvalue weighted by molar-refractivity contribution is 5.89. The Morgan fingerprint density at radius 2 is 2.00 bits per heavy atom. The number of methoxy groups -OCH3 is 1. The van der Waals surface area contributed by atoms with Gasteiger partial charge < -0.3 is 14.8 Å². The van der Waals surface area contributed by atoms with E-state index in [1.54, 1.807) is 25.1 Å². The van der Waals surface area contributed by atoms with E-state index in [0.717, 1.165) is 4.90 Å². The molecular weight excluding hydrogens is 437 g/mol. The SMILES string of the molecule is COc1cc(C)c2[nH]ccc2c1C(NCC(=O)O)(N1Cc2ccc(C#N)cc2C1)C(F)(F)F. The Labute approximate surface area is 187 Å². The molecule has 33 heavy (non-hydrogen) atoms. The normalized spacial score (nSPS) is 15.8. The van der Waals surface area contributed by atoms with Crippen LogP contribution in [0, 0.1) is 18.3 Å². The Hall–Kier alpha value is -3.55. The number of aromatic nitrogens is 1. The van der Waals surface area contributed by atoms with E-state index in [4.69, 9.17) is 4.74 Å². The smallest absolute Gasteiger partial charge is 0.424 e. The lowest BCUT2D eigenvalue weighted by molar-refractivity contribution is -0.253. The number of hydrogen-bond acceptors (Lipinski definition) is 5. The number of nitriles is 1. The largest absolute Gasteiger partial charge is 0.496 e. The monoisotopic (exact) mass is 458 g/mol. The van der Waals surface area contributed by atoms with Crippen molar-refractivity contribution in [1.82, 2.24) is 15.2 Å². The second-order valence-corrected chi connectivity index (χ2v) is 7.94. The molecular formula is C23H21F3N4O3. The van der Waals surface area contributed by atoms with Crippen molar-refractivity contribution in [3.8, 4) is 11.8 Å². The summed E-state index contributed by atoms with van der Waals surface area (Å²) in [6.45, 7) is 0.578. The van der Waals surface area contributed by atoms with E-state index in [1.807, 2.05) is 6.07 Å². The highest BCUT2D eigenvalue weighted by atomic mass is 19.4. The molecule has 3 aromatic rings. The van der Waals surface area contributed by atoms with Crippen molar-refractivity contribution >= 4 is 16.9 Å². The number of aryl methyl sites for hydroxylation is 1. The van der Waals surface area contributed by atoms with Crippen molar-refractivity contribution in [2.24, 2.45) is 0 Å². The summed E-state index contributed by atoms with van der Waals surface area (Å²) in [4.78, 5) is 15.5. The van der Waals surface area contributed by atoms with Gasteiger partial charge in [0.25, 0.3) is 0 Å². The molecule has 0 bridgehead atoms. The van der Waals surface area contributed by atoms with Gasteiger partial charge in [0.05, 0.1) is 25.3 Å². The number of hydrogen-bond donors (Lipinski definition) is 3. The van der Waals surface area contributed by atoms with Gasteiger partial charge in [0, 0.05) is 35.8 Å². The van der Waals surface area contributed by atoms with Gasteiger partial charge in [-0.25, -0.2) is 0 Å². The van der Waals surface area contributed by atoms with Crippen LogP contribution in [0.4, 0.5) is 13.2 Å². The number of halogens is 3. The summed E-state index contributed by atoms with van der Waals surface area (Å²) < 4.78 is 50.9. The van der Waals surface area contributed by atoms with E-state index < -0.39 is 24.4 Å². The molecule has 0 amide bonds. The molecule has 2 aromatic carbocycles. The van der Waals surface area contributed by atoms with Crippen LogP contribution < -0.4 is 10.1 Å². The van der Waals surface area contributed by atoms with Crippen LogP contribution in [0.3, 0.4) is 0 Å². The predicted molar refractivity (Wildman–Crippen MR) is 113 cm³/mol. The molecule has 4 rings (SSSR count). The van der Waals surface area contributed by atoms with Crippen LogP contribution in [-0.2, 0) is 23.5 Å². The molecule has 172 valence electrons. The molecule has 0 radical (unpaired) electrons. The first-order chi connectivity index (χ1) is 15.6. The zero-order valence-corrected chi connectivity index (χ0v) is 17.9. The number of aliphatic carboxylic acids is 1. The lowest BCUT2D eigenvalue weighted by Crippen LogP contribution is -2.64. The molecule has 0 spiro atoms. The molecule has 3 N–H and O–H groups in total. The number of ether oxygens (including phenoxy) is 1. The number of benzene rings is 2. The van der Waals surface area contributed by atoms with Crippen molar-refractivity contribution in [2.45, 2.75) is 31.9 Å². The molecule has 1 atom stereocenters. The van der Waals surface area contributed by atoms with Crippen molar-refractivity contribution in [3.05, 3.63) is 64.3 Å². The predicted octanol–water partition coefficient (Wildman–Crippen LogP) is 3.76. The van der Waals surface area contributed by atoms with Gasteiger partial charge in [0.15, 0.2) is 0 Å². The van der Waals surface area contributed by atoms with E-state index in [2.05, 4.69) is 10.3 Å². The maximum absolute atomic E-state index is 15.2. The van der Waals surface area contributed by atoms with Crippen LogP contribution >= 0.6 is 0 Å². The number of fused-ring (bicyclic) bond motifs is 2. The number of carboxylic acids is 1. The lowest BCUT2D eigenvalue weighted by Gasteiger charge is -2.44. The van der Waals surface area contributed by atoms with Gasteiger partial charge in [-0.2, -0.15) is 18.4 Å². The van der Waals surface area contributed by atoms with Gasteiger partial charge in [-0.05, 0) is 47.9 Å². The summed E-state index contributed by atoms with van der Waals surface area (Å²) in [6.07, 6.45) is -3.40. The van der Waals surface area contributed by atoms with E-state index in [-0.39, 0.29) is 29.8 Å². The first-order valence-electron chi connectivity index (χ1n) is 10.1. The topological polar surface area (TPSA) is 101 Å². The fourth-order valence-corrected chi connectivity index (χ4v) is 4.60. The molecule has 1 aromatic heterocycles. The molecule has 1 aliphatic rings. The van der Waals surface area contributed by atoms with Gasteiger partial charge >= 0.3 is 12.1 Å². The summed E-state index contributed by atoms with van der Waals surface area (Å²) in [6, 6.07) is 9.78. The molecule has 0 saturated heterocycles. The lowest BCUT2D eigenvalue weighted by atomic mass is 9.90.